The molecular weight excluding hydrogens is 176 g/mol. The predicted molar refractivity (Wildman–Crippen MR) is 56.7 cm³/mol. The van der Waals surface area contributed by atoms with Gasteiger partial charge in [-0.2, -0.15) is 5.26 Å². The maximum Gasteiger partial charge on any atom is 0.106 e. The van der Waals surface area contributed by atoms with Gasteiger partial charge in [0.15, 0.2) is 0 Å². The van der Waals surface area contributed by atoms with Crippen molar-refractivity contribution < 1.29 is 0 Å². The van der Waals surface area contributed by atoms with Gasteiger partial charge >= 0.3 is 0 Å². The summed E-state index contributed by atoms with van der Waals surface area (Å²) in [5.74, 6) is 0. The third-order valence-electron chi connectivity index (χ3n) is 2.87. The van der Waals surface area contributed by atoms with Crippen LogP contribution in [0.25, 0.3) is 0 Å². The van der Waals surface area contributed by atoms with Crippen molar-refractivity contribution in [3.63, 3.8) is 0 Å². The quantitative estimate of drug-likeness (QED) is 0.680. The Morgan fingerprint density at radius 3 is 2.93 bits per heavy atom. The molecule has 1 heterocycles. The van der Waals surface area contributed by atoms with Crippen molar-refractivity contribution in [1.82, 2.24) is 9.80 Å². The van der Waals surface area contributed by atoms with Crippen LogP contribution < -0.4 is 5.73 Å². The number of nitrogens with zero attached hydrogens (tertiary/aromatic N) is 3. The molecule has 1 rings (SSSR count). The van der Waals surface area contributed by atoms with E-state index in [-0.39, 0.29) is 6.04 Å². The Balaban J connectivity index is 2.26. The third-order valence-corrected chi connectivity index (χ3v) is 2.87. The smallest absolute Gasteiger partial charge is 0.106 e. The molecular formula is C10H20N4. The molecule has 0 aromatic rings. The highest BCUT2D eigenvalue weighted by molar-refractivity contribution is 4.89. The lowest BCUT2D eigenvalue weighted by molar-refractivity contribution is 0.218. The highest BCUT2D eigenvalue weighted by Gasteiger charge is 2.22. The first-order valence-corrected chi connectivity index (χ1v) is 5.17. The number of rotatable bonds is 4. The number of likely N-dealkylation sites (N-methyl/N-ethyl adjacent to an activating group) is 2. The number of nitriles is 1. The second kappa shape index (κ2) is 5.30. The topological polar surface area (TPSA) is 56.3 Å². The van der Waals surface area contributed by atoms with Gasteiger partial charge in [0, 0.05) is 19.1 Å². The van der Waals surface area contributed by atoms with Crippen LogP contribution in [0, 0.1) is 11.3 Å². The molecule has 1 fully saturated rings. The molecule has 1 aliphatic heterocycles. The van der Waals surface area contributed by atoms with Gasteiger partial charge in [0.2, 0.25) is 0 Å². The fourth-order valence-electron chi connectivity index (χ4n) is 2.02. The van der Waals surface area contributed by atoms with Crippen LogP contribution in [0.5, 0.6) is 0 Å². The monoisotopic (exact) mass is 196 g/mol. The van der Waals surface area contributed by atoms with Gasteiger partial charge < -0.3 is 15.5 Å². The van der Waals surface area contributed by atoms with Crippen molar-refractivity contribution in [3.05, 3.63) is 0 Å². The van der Waals surface area contributed by atoms with E-state index in [9.17, 15) is 0 Å². The maximum atomic E-state index is 8.58. The highest BCUT2D eigenvalue weighted by Crippen LogP contribution is 2.15. The van der Waals surface area contributed by atoms with Gasteiger partial charge in [-0.15, -0.1) is 0 Å². The van der Waals surface area contributed by atoms with Gasteiger partial charge in [0.1, 0.15) is 6.04 Å². The van der Waals surface area contributed by atoms with E-state index < -0.39 is 0 Å². The largest absolute Gasteiger partial charge is 0.315 e. The van der Waals surface area contributed by atoms with E-state index in [1.165, 1.54) is 19.4 Å². The van der Waals surface area contributed by atoms with Crippen molar-refractivity contribution >= 4 is 0 Å². The van der Waals surface area contributed by atoms with E-state index in [0.717, 1.165) is 6.54 Å². The van der Waals surface area contributed by atoms with E-state index in [1.807, 2.05) is 7.05 Å². The van der Waals surface area contributed by atoms with Gasteiger partial charge in [-0.25, -0.2) is 0 Å². The molecule has 0 aliphatic carbocycles. The highest BCUT2D eigenvalue weighted by atomic mass is 15.2. The Morgan fingerprint density at radius 1 is 1.71 bits per heavy atom. The first-order valence-electron chi connectivity index (χ1n) is 5.17. The summed E-state index contributed by atoms with van der Waals surface area (Å²) in [4.78, 5) is 4.54. The van der Waals surface area contributed by atoms with E-state index >= 15 is 0 Å². The summed E-state index contributed by atoms with van der Waals surface area (Å²) in [5.41, 5.74) is 5.57. The molecule has 0 spiro atoms. The average Bonchev–Trinajstić information content (AvgIpc) is 2.51. The van der Waals surface area contributed by atoms with Crippen LogP contribution in [0.3, 0.4) is 0 Å². The zero-order valence-electron chi connectivity index (χ0n) is 9.11. The maximum absolute atomic E-state index is 8.58. The number of hydrogen-bond acceptors (Lipinski definition) is 4. The lowest BCUT2D eigenvalue weighted by Gasteiger charge is -2.26. The summed E-state index contributed by atoms with van der Waals surface area (Å²) in [6, 6.07) is 2.34. The summed E-state index contributed by atoms with van der Waals surface area (Å²) in [6.07, 6.45) is 2.56. The van der Waals surface area contributed by atoms with Crippen LogP contribution in [0.4, 0.5) is 0 Å². The minimum Gasteiger partial charge on any atom is -0.315 e. The zero-order chi connectivity index (χ0) is 10.6. The molecule has 0 saturated carbocycles. The first kappa shape index (κ1) is 11.4. The van der Waals surface area contributed by atoms with E-state index in [1.54, 1.807) is 0 Å². The zero-order valence-corrected chi connectivity index (χ0v) is 9.11. The van der Waals surface area contributed by atoms with Crippen LogP contribution in [-0.4, -0.2) is 55.6 Å². The SMILES string of the molecule is CN(CC(N)C#N)CC1CCCN1C. The molecule has 1 aliphatic rings. The standard InChI is InChI=1S/C10H20N4/c1-13(7-9(12)6-11)8-10-4-3-5-14(10)2/h9-10H,3-5,7-8,12H2,1-2H3. The number of nitrogens with two attached hydrogens (primary N) is 1. The molecule has 80 valence electrons. The molecule has 0 amide bonds. The van der Waals surface area contributed by atoms with Crippen LogP contribution in [-0.2, 0) is 0 Å². The second-order valence-corrected chi connectivity index (χ2v) is 4.23. The molecule has 0 aromatic carbocycles. The summed E-state index contributed by atoms with van der Waals surface area (Å²) >= 11 is 0. The Kier molecular flexibility index (Phi) is 4.33. The van der Waals surface area contributed by atoms with Crippen LogP contribution in [0.15, 0.2) is 0 Å². The van der Waals surface area contributed by atoms with Crippen molar-refractivity contribution in [2.24, 2.45) is 5.73 Å². The average molecular weight is 196 g/mol. The fraction of sp³-hybridized carbons (Fsp3) is 0.900. The van der Waals surface area contributed by atoms with Crippen molar-refractivity contribution in [3.8, 4) is 6.07 Å². The van der Waals surface area contributed by atoms with Gasteiger partial charge in [0.05, 0.1) is 6.07 Å². The lowest BCUT2D eigenvalue weighted by Crippen LogP contribution is -2.41. The normalized spacial score (nSPS) is 25.2. The molecule has 0 bridgehead atoms. The second-order valence-electron chi connectivity index (χ2n) is 4.23. The van der Waals surface area contributed by atoms with Crippen LogP contribution in [0.1, 0.15) is 12.8 Å². The summed E-state index contributed by atoms with van der Waals surface area (Å²) in [5, 5.41) is 8.58. The van der Waals surface area contributed by atoms with E-state index in [0.29, 0.717) is 12.6 Å². The molecule has 0 radical (unpaired) electrons. The molecule has 14 heavy (non-hydrogen) atoms. The Hall–Kier alpha value is -0.630. The molecule has 2 atom stereocenters. The predicted octanol–water partition coefficient (Wildman–Crippen LogP) is -0.137. The minimum atomic E-state index is -0.355. The Bertz CT molecular complexity index is 211. The molecule has 2 N–H and O–H groups in total. The lowest BCUT2D eigenvalue weighted by atomic mass is 10.2. The molecule has 4 heteroatoms. The van der Waals surface area contributed by atoms with E-state index in [2.05, 4.69) is 22.9 Å². The number of likely N-dealkylation sites (tertiary alicyclic amines) is 1. The molecule has 0 aromatic heterocycles. The van der Waals surface area contributed by atoms with Crippen LogP contribution in [0.2, 0.25) is 0 Å². The summed E-state index contributed by atoms with van der Waals surface area (Å²) in [7, 11) is 4.19. The van der Waals surface area contributed by atoms with Gasteiger partial charge in [0.25, 0.3) is 0 Å². The van der Waals surface area contributed by atoms with Gasteiger partial charge in [-0.1, -0.05) is 0 Å². The Morgan fingerprint density at radius 2 is 2.43 bits per heavy atom. The summed E-state index contributed by atoms with van der Waals surface area (Å²) < 4.78 is 0. The van der Waals surface area contributed by atoms with Gasteiger partial charge in [-0.3, -0.25) is 0 Å². The fourth-order valence-corrected chi connectivity index (χ4v) is 2.02. The first-order chi connectivity index (χ1) is 6.63. The van der Waals surface area contributed by atoms with E-state index in [4.69, 9.17) is 11.0 Å². The molecule has 1 saturated heterocycles. The summed E-state index contributed by atoms with van der Waals surface area (Å²) in [6.45, 7) is 2.88. The third kappa shape index (κ3) is 3.26. The van der Waals surface area contributed by atoms with Crippen molar-refractivity contribution in [1.29, 1.82) is 5.26 Å². The van der Waals surface area contributed by atoms with Crippen molar-refractivity contribution in [2.75, 3.05) is 33.7 Å². The number of hydrogen-bond donors (Lipinski definition) is 1. The van der Waals surface area contributed by atoms with Crippen molar-refractivity contribution in [2.45, 2.75) is 24.9 Å². The molecule has 2 unspecified atom stereocenters. The minimum absolute atomic E-state index is 0.355. The molecule has 4 nitrogen and oxygen atoms in total. The Labute approximate surface area is 86.3 Å². The van der Waals surface area contributed by atoms with Crippen LogP contribution >= 0.6 is 0 Å². The van der Waals surface area contributed by atoms with Gasteiger partial charge in [-0.05, 0) is 33.5 Å².